The third kappa shape index (κ3) is 8.08. The maximum atomic E-state index is 14.1. The quantitative estimate of drug-likeness (QED) is 0.175. The predicted octanol–water partition coefficient (Wildman–Crippen LogP) is 5.73. The van der Waals surface area contributed by atoms with Gasteiger partial charge in [0.1, 0.15) is 11.9 Å². The van der Waals surface area contributed by atoms with Gasteiger partial charge in [0, 0.05) is 89.2 Å². The Labute approximate surface area is 338 Å². The molecule has 4 fully saturated rings. The number of piperazine rings is 1. The molecule has 1 atom stereocenters. The molecule has 4 aliphatic rings. The second-order valence-electron chi connectivity index (χ2n) is 15.9. The van der Waals surface area contributed by atoms with E-state index in [1.54, 1.807) is 23.0 Å². The lowest BCUT2D eigenvalue weighted by Crippen LogP contribution is -2.49. The molecule has 0 radical (unpaired) electrons. The van der Waals surface area contributed by atoms with Crippen molar-refractivity contribution in [3.8, 4) is 28.0 Å². The number of fused-ring (bicyclic) bond motifs is 1. The fraction of sp³-hybridized carbons (Fsp3) is 0.463. The molecule has 300 valence electrons. The Morgan fingerprint density at radius 3 is 2.45 bits per heavy atom. The number of alkyl halides is 2. The van der Waals surface area contributed by atoms with Crippen molar-refractivity contribution < 1.29 is 18.4 Å². The van der Waals surface area contributed by atoms with E-state index in [0.717, 1.165) is 97.6 Å². The molecule has 2 N–H and O–H groups in total. The summed E-state index contributed by atoms with van der Waals surface area (Å²) in [4.78, 5) is 40.5. The summed E-state index contributed by atoms with van der Waals surface area (Å²) in [6.45, 7) is 6.48. The zero-order valence-electron chi connectivity index (χ0n) is 32.0. The molecule has 9 rings (SSSR count). The van der Waals surface area contributed by atoms with E-state index in [0.29, 0.717) is 47.9 Å². The van der Waals surface area contributed by atoms with Crippen molar-refractivity contribution in [3.63, 3.8) is 0 Å². The fourth-order valence-corrected chi connectivity index (χ4v) is 9.55. The number of nitrogens with one attached hydrogen (secondary N) is 2. The number of nitrogens with zero attached hydrogens (tertiary/aromatic N) is 10. The van der Waals surface area contributed by atoms with Crippen LogP contribution in [0.25, 0.3) is 27.5 Å². The van der Waals surface area contributed by atoms with Crippen molar-refractivity contribution in [3.05, 3.63) is 66.1 Å². The van der Waals surface area contributed by atoms with E-state index < -0.39 is 5.92 Å². The van der Waals surface area contributed by atoms with Crippen LogP contribution in [-0.4, -0.2) is 104 Å². The molecule has 14 nitrogen and oxygen atoms in total. The van der Waals surface area contributed by atoms with Gasteiger partial charge in [0.2, 0.25) is 22.9 Å². The Hall–Kier alpha value is -5.60. The van der Waals surface area contributed by atoms with Crippen LogP contribution in [-0.2, 0) is 9.59 Å². The monoisotopic (exact) mass is 806 g/mol. The van der Waals surface area contributed by atoms with Gasteiger partial charge in [-0.25, -0.2) is 18.3 Å². The summed E-state index contributed by atoms with van der Waals surface area (Å²) in [5.41, 5.74) is 5.04. The van der Waals surface area contributed by atoms with Crippen LogP contribution in [0.15, 0.2) is 55.0 Å². The fourth-order valence-electron chi connectivity index (χ4n) is 8.63. The van der Waals surface area contributed by atoms with Crippen molar-refractivity contribution in [2.75, 3.05) is 60.9 Å². The number of aromatic nitrogens is 6. The number of carbonyl (C=O) groups excluding carboxylic acids is 2. The average molecular weight is 807 g/mol. The molecule has 1 saturated carbocycles. The van der Waals surface area contributed by atoms with Gasteiger partial charge in [-0.05, 0) is 73.9 Å². The summed E-state index contributed by atoms with van der Waals surface area (Å²) in [7, 11) is 0. The molecule has 0 unspecified atom stereocenters. The van der Waals surface area contributed by atoms with Crippen LogP contribution in [0.4, 0.5) is 25.4 Å². The Morgan fingerprint density at radius 1 is 0.897 bits per heavy atom. The van der Waals surface area contributed by atoms with Gasteiger partial charge < -0.3 is 15.1 Å². The summed E-state index contributed by atoms with van der Waals surface area (Å²) in [5.74, 6) is -1.88. The van der Waals surface area contributed by atoms with Crippen LogP contribution in [0, 0.1) is 17.2 Å². The van der Waals surface area contributed by atoms with Crippen molar-refractivity contribution >= 4 is 45.3 Å². The highest BCUT2D eigenvalue weighted by Gasteiger charge is 2.35. The van der Waals surface area contributed by atoms with Gasteiger partial charge in [0.25, 0.3) is 0 Å². The highest BCUT2D eigenvalue weighted by molar-refractivity contribution is 7.18. The number of imide groups is 1. The Morgan fingerprint density at radius 2 is 1.71 bits per heavy atom. The number of hydrogen-bond donors (Lipinski definition) is 2. The summed E-state index contributed by atoms with van der Waals surface area (Å²) < 4.78 is 29.9. The largest absolute Gasteiger partial charge is 0.382 e. The number of amides is 2. The molecule has 0 spiro atoms. The van der Waals surface area contributed by atoms with Crippen LogP contribution in [0.2, 0.25) is 0 Å². The second-order valence-corrected chi connectivity index (χ2v) is 16.8. The van der Waals surface area contributed by atoms with E-state index in [2.05, 4.69) is 51.7 Å². The van der Waals surface area contributed by atoms with Crippen molar-refractivity contribution in [2.45, 2.75) is 69.2 Å². The number of rotatable bonds is 9. The normalized spacial score (nSPS) is 20.9. The molecule has 0 bridgehead atoms. The lowest BCUT2D eigenvalue weighted by atomic mass is 9.91. The third-order valence-corrected chi connectivity index (χ3v) is 13.0. The number of hydrogen-bond acceptors (Lipinski definition) is 13. The lowest BCUT2D eigenvalue weighted by Gasteiger charge is -2.39. The summed E-state index contributed by atoms with van der Waals surface area (Å²) >= 11 is 1.51. The topological polar surface area (TPSA) is 161 Å². The average Bonchev–Trinajstić information content (AvgIpc) is 3.90. The molecular formula is C41H44F2N12O2S. The van der Waals surface area contributed by atoms with E-state index in [4.69, 9.17) is 4.98 Å². The SMILES string of the molecule is N#Cc1cnn2c(-c3cc(NC4CCC(F)(F)CC4)c(-c4nnc(N5CCN(CC6CCN(c7ccc([C@H]8CCC(=O)NC8=O)cn7)CC6)CC5)s4)cn3)ccc2c1. The Bertz CT molecular complexity index is 2330. The molecule has 1 aliphatic carbocycles. The summed E-state index contributed by atoms with van der Waals surface area (Å²) in [6, 6.07) is 13.5. The second kappa shape index (κ2) is 16.0. The van der Waals surface area contributed by atoms with Gasteiger partial charge in [-0.1, -0.05) is 17.4 Å². The molecule has 17 heteroatoms. The molecule has 58 heavy (non-hydrogen) atoms. The predicted molar refractivity (Wildman–Crippen MR) is 216 cm³/mol. The molecule has 5 aromatic rings. The first-order chi connectivity index (χ1) is 28.2. The van der Waals surface area contributed by atoms with Gasteiger partial charge >= 0.3 is 0 Å². The van der Waals surface area contributed by atoms with Gasteiger partial charge in [0.05, 0.1) is 40.1 Å². The minimum absolute atomic E-state index is 0.114. The van der Waals surface area contributed by atoms with Crippen molar-refractivity contribution in [2.24, 2.45) is 5.92 Å². The number of carbonyl (C=O) groups is 2. The van der Waals surface area contributed by atoms with Crippen LogP contribution in [0.1, 0.15) is 68.4 Å². The highest BCUT2D eigenvalue weighted by atomic mass is 32.1. The molecule has 3 saturated heterocycles. The first kappa shape index (κ1) is 37.9. The first-order valence-corrected chi connectivity index (χ1v) is 20.9. The van der Waals surface area contributed by atoms with Gasteiger partial charge in [-0.15, -0.1) is 10.2 Å². The van der Waals surface area contributed by atoms with Gasteiger partial charge in [-0.3, -0.25) is 24.8 Å². The number of halogens is 2. The number of nitriles is 1. The number of anilines is 3. The standard InChI is InChI=1S/C41H44F2N12O2S/c42-41(43)11-7-29(8-12-41)48-33-20-34(35-4-2-30-19-27(21-44)22-47-55(30)35)45-24-32(33)39-50-51-40(58-39)54-17-15-52(16-18-54)25-26-9-13-53(14-10-26)36-5-1-28(23-46-36)31-3-6-37(56)49-38(31)57/h1-2,4-5,19-20,22-24,26,29,31H,3,6-18,25H2,(H,45,48)(H,49,56,57)/t31-/m1/s1. The highest BCUT2D eigenvalue weighted by Crippen LogP contribution is 2.39. The minimum atomic E-state index is -2.63. The van der Waals surface area contributed by atoms with Crippen LogP contribution in [0.5, 0.6) is 0 Å². The van der Waals surface area contributed by atoms with Crippen LogP contribution >= 0.6 is 11.3 Å². The van der Waals surface area contributed by atoms with Gasteiger partial charge in [-0.2, -0.15) is 10.4 Å². The maximum Gasteiger partial charge on any atom is 0.248 e. The summed E-state index contributed by atoms with van der Waals surface area (Å²) in [6.07, 6.45) is 8.55. The molecule has 2 amide bonds. The van der Waals surface area contributed by atoms with E-state index in [1.807, 2.05) is 30.3 Å². The van der Waals surface area contributed by atoms with Crippen molar-refractivity contribution in [1.82, 2.24) is 40.0 Å². The van der Waals surface area contributed by atoms with E-state index in [9.17, 15) is 23.6 Å². The molecule has 3 aliphatic heterocycles. The van der Waals surface area contributed by atoms with E-state index in [-0.39, 0.29) is 36.6 Å². The summed E-state index contributed by atoms with van der Waals surface area (Å²) in [5, 5.41) is 30.5. The molecular weight excluding hydrogens is 763 g/mol. The Balaban J connectivity index is 0.818. The number of piperidine rings is 2. The van der Waals surface area contributed by atoms with E-state index >= 15 is 0 Å². The Kier molecular flexibility index (Phi) is 10.5. The zero-order valence-corrected chi connectivity index (χ0v) is 32.8. The lowest BCUT2D eigenvalue weighted by molar-refractivity contribution is -0.134. The number of pyridine rings is 2. The first-order valence-electron chi connectivity index (χ1n) is 20.1. The van der Waals surface area contributed by atoms with Crippen LogP contribution < -0.4 is 20.4 Å². The zero-order chi connectivity index (χ0) is 39.8. The minimum Gasteiger partial charge on any atom is -0.382 e. The maximum absolute atomic E-state index is 14.1. The molecule has 5 aromatic heterocycles. The van der Waals surface area contributed by atoms with E-state index in [1.165, 1.54) is 17.5 Å². The third-order valence-electron chi connectivity index (χ3n) is 12.0. The smallest absolute Gasteiger partial charge is 0.248 e. The molecule has 0 aromatic carbocycles. The van der Waals surface area contributed by atoms with Crippen LogP contribution in [0.3, 0.4) is 0 Å². The van der Waals surface area contributed by atoms with Crippen molar-refractivity contribution in [1.29, 1.82) is 5.26 Å². The van der Waals surface area contributed by atoms with Gasteiger partial charge in [0.15, 0.2) is 5.01 Å². The molecule has 8 heterocycles.